The number of nitro groups is 1. The Labute approximate surface area is 182 Å². The van der Waals surface area contributed by atoms with E-state index >= 15 is 0 Å². The van der Waals surface area contributed by atoms with Crippen LogP contribution in [0.2, 0.25) is 0 Å². The molecule has 0 bridgehead atoms. The van der Waals surface area contributed by atoms with Gasteiger partial charge < -0.3 is 14.4 Å². The van der Waals surface area contributed by atoms with Gasteiger partial charge in [-0.1, -0.05) is 12.1 Å². The minimum atomic E-state index is -3.21. The molecule has 1 amide bonds. The Morgan fingerprint density at radius 3 is 2.47 bits per heavy atom. The number of hydrogen-bond donors (Lipinski definition) is 0. The molecule has 2 aromatic carbocycles. The molecule has 0 spiro atoms. The largest absolute Gasteiger partial charge is 0.493 e. The van der Waals surface area contributed by atoms with Gasteiger partial charge in [-0.15, -0.1) is 0 Å². The summed E-state index contributed by atoms with van der Waals surface area (Å²) in [5.41, 5.74) is 0.0282. The molecule has 0 aliphatic carbocycles. The average molecular weight is 453 g/mol. The molecule has 32 heavy (non-hydrogen) atoms. The number of amides is 1. The number of rotatable bonds is 7. The van der Waals surface area contributed by atoms with E-state index in [9.17, 15) is 28.1 Å². The van der Waals surface area contributed by atoms with Crippen molar-refractivity contribution in [3.8, 4) is 11.5 Å². The summed E-state index contributed by atoms with van der Waals surface area (Å²) in [5.74, 6) is -1.63. The maximum absolute atomic E-state index is 13.1. The smallest absolute Gasteiger partial charge is 0.387 e. The summed E-state index contributed by atoms with van der Waals surface area (Å²) in [6.07, 6.45) is 0.629. The molecule has 1 fully saturated rings. The second-order valence-corrected chi connectivity index (χ2v) is 7.20. The first-order valence-corrected chi connectivity index (χ1v) is 9.85. The molecule has 2 aromatic rings. The number of halogens is 3. The zero-order chi connectivity index (χ0) is 23.3. The first-order chi connectivity index (χ1) is 15.3. The van der Waals surface area contributed by atoms with Crippen molar-refractivity contribution >= 4 is 11.6 Å². The van der Waals surface area contributed by atoms with Gasteiger partial charge in [-0.05, 0) is 24.1 Å². The fraction of sp³-hybridized carbons (Fsp3) is 0.381. The summed E-state index contributed by atoms with van der Waals surface area (Å²) in [7, 11) is 1.19. The van der Waals surface area contributed by atoms with Crippen molar-refractivity contribution in [1.29, 1.82) is 0 Å². The summed E-state index contributed by atoms with van der Waals surface area (Å²) in [4.78, 5) is 27.4. The molecule has 1 aliphatic heterocycles. The lowest BCUT2D eigenvalue weighted by atomic mass is 10.1. The highest BCUT2D eigenvalue weighted by Gasteiger charge is 2.30. The predicted octanol–water partition coefficient (Wildman–Crippen LogP) is 3.69. The Morgan fingerprint density at radius 1 is 1.12 bits per heavy atom. The molecule has 0 N–H and O–H groups in total. The van der Waals surface area contributed by atoms with Crippen molar-refractivity contribution in [3.05, 3.63) is 63.5 Å². The number of carbonyl (C=O) groups is 1. The molecule has 172 valence electrons. The zero-order valence-corrected chi connectivity index (χ0v) is 17.3. The number of nitrogens with zero attached hydrogens (tertiary/aromatic N) is 3. The van der Waals surface area contributed by atoms with Gasteiger partial charge in [-0.25, -0.2) is 4.39 Å². The second-order valence-electron chi connectivity index (χ2n) is 7.20. The van der Waals surface area contributed by atoms with Crippen LogP contribution in [0.4, 0.5) is 18.9 Å². The van der Waals surface area contributed by atoms with Crippen molar-refractivity contribution in [3.63, 3.8) is 0 Å². The normalized spacial score (nSPS) is 14.8. The summed E-state index contributed by atoms with van der Waals surface area (Å²) < 4.78 is 47.6. The summed E-state index contributed by atoms with van der Waals surface area (Å²) in [6.45, 7) is -0.741. The summed E-state index contributed by atoms with van der Waals surface area (Å²) >= 11 is 0. The van der Waals surface area contributed by atoms with Gasteiger partial charge >= 0.3 is 6.61 Å². The number of ether oxygens (including phenoxy) is 2. The summed E-state index contributed by atoms with van der Waals surface area (Å²) in [5, 5.41) is 11.5. The maximum Gasteiger partial charge on any atom is 0.387 e. The van der Waals surface area contributed by atoms with E-state index in [1.165, 1.54) is 24.1 Å². The van der Waals surface area contributed by atoms with Gasteiger partial charge in [-0.2, -0.15) is 8.78 Å². The van der Waals surface area contributed by atoms with Crippen LogP contribution in [-0.2, 0) is 6.54 Å². The molecule has 0 radical (unpaired) electrons. The van der Waals surface area contributed by atoms with Crippen LogP contribution < -0.4 is 9.47 Å². The van der Waals surface area contributed by atoms with Crippen molar-refractivity contribution < 1.29 is 32.4 Å². The molecule has 0 unspecified atom stereocenters. The van der Waals surface area contributed by atoms with Crippen molar-refractivity contribution in [2.75, 3.05) is 33.3 Å². The fourth-order valence-corrected chi connectivity index (χ4v) is 3.57. The number of nitro benzene ring substituents is 1. The Hall–Kier alpha value is -3.34. The lowest BCUT2D eigenvalue weighted by molar-refractivity contribution is -0.385. The second kappa shape index (κ2) is 10.3. The van der Waals surface area contributed by atoms with Crippen LogP contribution >= 0.6 is 0 Å². The van der Waals surface area contributed by atoms with Crippen molar-refractivity contribution in [2.24, 2.45) is 0 Å². The Kier molecular flexibility index (Phi) is 7.52. The number of benzene rings is 2. The van der Waals surface area contributed by atoms with Crippen LogP contribution in [0, 0.1) is 15.9 Å². The first kappa shape index (κ1) is 23.3. The minimum Gasteiger partial charge on any atom is -0.493 e. The first-order valence-electron chi connectivity index (χ1n) is 9.85. The standard InChI is InChI=1S/C21H22F3N3O5/c1-31-18-11-16(17(27(29)30)12-19(18)32-21(23)24)20(28)26-8-2-7-25(9-10-26)13-14-3-5-15(22)6-4-14/h3-6,11-12,21H,2,7-10,13H2,1H3. The van der Waals surface area contributed by atoms with Gasteiger partial charge in [0.1, 0.15) is 11.4 Å². The third-order valence-corrected chi connectivity index (χ3v) is 5.12. The number of methoxy groups -OCH3 is 1. The van der Waals surface area contributed by atoms with Crippen LogP contribution in [0.1, 0.15) is 22.3 Å². The van der Waals surface area contributed by atoms with E-state index < -0.39 is 28.9 Å². The molecule has 0 atom stereocenters. The molecule has 1 heterocycles. The molecular weight excluding hydrogens is 431 g/mol. The lowest BCUT2D eigenvalue weighted by Crippen LogP contribution is -2.35. The summed E-state index contributed by atoms with van der Waals surface area (Å²) in [6, 6.07) is 7.99. The zero-order valence-electron chi connectivity index (χ0n) is 17.3. The Balaban J connectivity index is 1.77. The number of carbonyl (C=O) groups excluding carboxylic acids is 1. The topological polar surface area (TPSA) is 85.2 Å². The number of hydrogen-bond acceptors (Lipinski definition) is 6. The SMILES string of the molecule is COc1cc(C(=O)N2CCCN(Cc3ccc(F)cc3)CC2)c([N+](=O)[O-])cc1OC(F)F. The third kappa shape index (κ3) is 5.67. The van der Waals surface area contributed by atoms with Crippen LogP contribution in [0.3, 0.4) is 0 Å². The molecule has 0 aromatic heterocycles. The van der Waals surface area contributed by atoms with Crippen LogP contribution in [0.15, 0.2) is 36.4 Å². The van der Waals surface area contributed by atoms with E-state index in [0.29, 0.717) is 39.1 Å². The van der Waals surface area contributed by atoms with Crippen molar-refractivity contribution in [1.82, 2.24) is 9.80 Å². The highest BCUT2D eigenvalue weighted by molar-refractivity contribution is 5.99. The molecule has 11 heteroatoms. The average Bonchev–Trinajstić information content (AvgIpc) is 2.99. The van der Waals surface area contributed by atoms with Crippen LogP contribution in [0.5, 0.6) is 11.5 Å². The lowest BCUT2D eigenvalue weighted by Gasteiger charge is -2.22. The minimum absolute atomic E-state index is 0.202. The molecule has 1 aliphatic rings. The fourth-order valence-electron chi connectivity index (χ4n) is 3.57. The van der Waals surface area contributed by atoms with Gasteiger partial charge in [0.15, 0.2) is 11.5 Å². The van der Waals surface area contributed by atoms with Gasteiger partial charge in [0.25, 0.3) is 11.6 Å². The molecule has 0 saturated carbocycles. The van der Waals surface area contributed by atoms with Crippen LogP contribution in [-0.4, -0.2) is 60.5 Å². The third-order valence-electron chi connectivity index (χ3n) is 5.12. The maximum atomic E-state index is 13.1. The van der Waals surface area contributed by atoms with Gasteiger partial charge in [0, 0.05) is 38.8 Å². The highest BCUT2D eigenvalue weighted by Crippen LogP contribution is 2.36. The van der Waals surface area contributed by atoms with Gasteiger partial charge in [0.05, 0.1) is 18.1 Å². The quantitative estimate of drug-likeness (QED) is 0.470. The Bertz CT molecular complexity index is 972. The molecule has 3 rings (SSSR count). The monoisotopic (exact) mass is 453 g/mol. The van der Waals surface area contributed by atoms with Gasteiger partial charge in [0.2, 0.25) is 0 Å². The van der Waals surface area contributed by atoms with E-state index in [-0.39, 0.29) is 17.1 Å². The van der Waals surface area contributed by atoms with E-state index in [0.717, 1.165) is 17.7 Å². The van der Waals surface area contributed by atoms with E-state index in [2.05, 4.69) is 9.64 Å². The van der Waals surface area contributed by atoms with Crippen LogP contribution in [0.25, 0.3) is 0 Å². The molecule has 1 saturated heterocycles. The molecule has 8 nitrogen and oxygen atoms in total. The van der Waals surface area contributed by atoms with Gasteiger partial charge in [-0.3, -0.25) is 19.8 Å². The Morgan fingerprint density at radius 2 is 1.84 bits per heavy atom. The number of alkyl halides is 2. The van der Waals surface area contributed by atoms with E-state index in [1.54, 1.807) is 12.1 Å². The van der Waals surface area contributed by atoms with E-state index in [4.69, 9.17) is 4.74 Å². The van der Waals surface area contributed by atoms with E-state index in [1.807, 2.05) is 0 Å². The van der Waals surface area contributed by atoms with Crippen molar-refractivity contribution in [2.45, 2.75) is 19.6 Å². The predicted molar refractivity (Wildman–Crippen MR) is 108 cm³/mol. The highest BCUT2D eigenvalue weighted by atomic mass is 19.3. The molecular formula is C21H22F3N3O5.